The fourth-order valence-corrected chi connectivity index (χ4v) is 1.84. The molecule has 0 aliphatic rings. The zero-order chi connectivity index (χ0) is 12.4. The first-order chi connectivity index (χ1) is 8.08. The molecule has 2 rings (SSSR count). The van der Waals surface area contributed by atoms with E-state index >= 15 is 0 Å². The minimum atomic E-state index is -0.527. The van der Waals surface area contributed by atoms with Gasteiger partial charge in [-0.25, -0.2) is 8.78 Å². The van der Waals surface area contributed by atoms with Crippen LogP contribution < -0.4 is 11.1 Å². The molecule has 2 nitrogen and oxygen atoms in total. The summed E-state index contributed by atoms with van der Waals surface area (Å²) >= 11 is 2.01. The zero-order valence-electron chi connectivity index (χ0n) is 8.68. The molecule has 0 saturated carbocycles. The van der Waals surface area contributed by atoms with Gasteiger partial charge in [-0.2, -0.15) is 0 Å². The molecule has 88 valence electrons. The lowest BCUT2D eigenvalue weighted by Gasteiger charge is -2.10. The van der Waals surface area contributed by atoms with Gasteiger partial charge in [-0.15, -0.1) is 0 Å². The van der Waals surface area contributed by atoms with Crippen LogP contribution in [-0.4, -0.2) is 0 Å². The Balaban J connectivity index is 2.35. The molecule has 0 amide bonds. The summed E-state index contributed by atoms with van der Waals surface area (Å²) < 4.78 is 27.5. The summed E-state index contributed by atoms with van der Waals surface area (Å²) in [5, 5.41) is 2.77. The third kappa shape index (κ3) is 2.66. The Labute approximate surface area is 111 Å². The number of nitrogens with one attached hydrogen (secondary N) is 1. The summed E-state index contributed by atoms with van der Waals surface area (Å²) in [6, 6.07) is 9.08. The van der Waals surface area contributed by atoms with E-state index in [9.17, 15) is 8.78 Å². The van der Waals surface area contributed by atoms with Crippen LogP contribution >= 0.6 is 22.6 Å². The highest BCUT2D eigenvalue weighted by atomic mass is 127. The SMILES string of the molecule is Nc1c(F)cccc1Nc1ccc(I)cc1F. The molecular weight excluding hydrogens is 337 g/mol. The van der Waals surface area contributed by atoms with E-state index in [1.807, 2.05) is 22.6 Å². The van der Waals surface area contributed by atoms with Crippen molar-refractivity contribution >= 4 is 39.7 Å². The molecule has 0 aliphatic carbocycles. The monoisotopic (exact) mass is 346 g/mol. The molecule has 0 aromatic heterocycles. The summed E-state index contributed by atoms with van der Waals surface area (Å²) in [6.07, 6.45) is 0. The van der Waals surface area contributed by atoms with Gasteiger partial charge in [0.2, 0.25) is 0 Å². The van der Waals surface area contributed by atoms with Gasteiger partial charge in [0, 0.05) is 3.57 Å². The van der Waals surface area contributed by atoms with E-state index in [1.54, 1.807) is 18.2 Å². The Morgan fingerprint density at radius 1 is 1.00 bits per heavy atom. The van der Waals surface area contributed by atoms with Crippen molar-refractivity contribution in [1.82, 2.24) is 0 Å². The van der Waals surface area contributed by atoms with Crippen LogP contribution in [0.15, 0.2) is 36.4 Å². The third-order valence-corrected chi connectivity index (χ3v) is 2.92. The molecule has 0 atom stereocenters. The van der Waals surface area contributed by atoms with Crippen LogP contribution in [0.4, 0.5) is 25.8 Å². The first kappa shape index (κ1) is 12.1. The fourth-order valence-electron chi connectivity index (χ4n) is 1.38. The zero-order valence-corrected chi connectivity index (χ0v) is 10.8. The van der Waals surface area contributed by atoms with Crippen LogP contribution in [0.25, 0.3) is 0 Å². The Bertz CT molecular complexity index is 558. The Morgan fingerprint density at radius 3 is 2.47 bits per heavy atom. The number of halogens is 3. The second kappa shape index (κ2) is 4.87. The second-order valence-electron chi connectivity index (χ2n) is 3.45. The predicted molar refractivity (Wildman–Crippen MR) is 73.2 cm³/mol. The molecule has 0 saturated heterocycles. The van der Waals surface area contributed by atoms with E-state index in [2.05, 4.69) is 5.32 Å². The summed E-state index contributed by atoms with van der Waals surface area (Å²) in [5.41, 5.74) is 6.14. The number of nitrogens with two attached hydrogens (primary N) is 1. The number of nitrogen functional groups attached to an aromatic ring is 1. The van der Waals surface area contributed by atoms with Crippen LogP contribution in [0.2, 0.25) is 0 Å². The molecule has 5 heteroatoms. The molecule has 2 aromatic carbocycles. The summed E-state index contributed by atoms with van der Waals surface area (Å²) in [4.78, 5) is 0. The van der Waals surface area contributed by atoms with Crippen molar-refractivity contribution in [3.8, 4) is 0 Å². The molecule has 17 heavy (non-hydrogen) atoms. The van der Waals surface area contributed by atoms with Gasteiger partial charge in [0.25, 0.3) is 0 Å². The Kier molecular flexibility index (Phi) is 3.46. The average molecular weight is 346 g/mol. The molecule has 0 radical (unpaired) electrons. The molecule has 0 aliphatic heterocycles. The van der Waals surface area contributed by atoms with Gasteiger partial charge in [-0.05, 0) is 52.9 Å². The van der Waals surface area contributed by atoms with Crippen LogP contribution in [-0.2, 0) is 0 Å². The van der Waals surface area contributed by atoms with Gasteiger partial charge >= 0.3 is 0 Å². The second-order valence-corrected chi connectivity index (χ2v) is 4.70. The van der Waals surface area contributed by atoms with Gasteiger partial charge in [0.15, 0.2) is 0 Å². The lowest BCUT2D eigenvalue weighted by atomic mass is 10.2. The van der Waals surface area contributed by atoms with E-state index < -0.39 is 11.6 Å². The molecule has 0 fully saturated rings. The summed E-state index contributed by atoms with van der Waals surface area (Å²) in [5.74, 6) is -0.929. The first-order valence-electron chi connectivity index (χ1n) is 4.84. The van der Waals surface area contributed by atoms with E-state index in [4.69, 9.17) is 5.73 Å². The molecule has 0 bridgehead atoms. The normalized spacial score (nSPS) is 10.3. The van der Waals surface area contributed by atoms with Crippen LogP contribution in [0.1, 0.15) is 0 Å². The number of para-hydroxylation sites is 1. The van der Waals surface area contributed by atoms with Crippen molar-refractivity contribution in [3.63, 3.8) is 0 Å². The van der Waals surface area contributed by atoms with E-state index in [0.29, 0.717) is 5.69 Å². The van der Waals surface area contributed by atoms with E-state index in [-0.39, 0.29) is 11.4 Å². The maximum Gasteiger partial charge on any atom is 0.148 e. The van der Waals surface area contributed by atoms with Crippen molar-refractivity contribution < 1.29 is 8.78 Å². The predicted octanol–water partition coefficient (Wildman–Crippen LogP) is 3.90. The Morgan fingerprint density at radius 2 is 1.76 bits per heavy atom. The molecule has 2 aromatic rings. The van der Waals surface area contributed by atoms with Crippen molar-refractivity contribution in [2.24, 2.45) is 0 Å². The number of rotatable bonds is 2. The van der Waals surface area contributed by atoms with Crippen molar-refractivity contribution in [1.29, 1.82) is 0 Å². The number of hydrogen-bond donors (Lipinski definition) is 2. The maximum absolute atomic E-state index is 13.6. The Hall–Kier alpha value is -1.37. The minimum absolute atomic E-state index is 0.0227. The van der Waals surface area contributed by atoms with Crippen LogP contribution in [0.3, 0.4) is 0 Å². The quantitative estimate of drug-likeness (QED) is 0.640. The largest absolute Gasteiger partial charge is 0.395 e. The maximum atomic E-state index is 13.6. The molecule has 3 N–H and O–H groups in total. The summed E-state index contributed by atoms with van der Waals surface area (Å²) in [6.45, 7) is 0. The number of hydrogen-bond acceptors (Lipinski definition) is 2. The van der Waals surface area contributed by atoms with Gasteiger partial charge in [-0.3, -0.25) is 0 Å². The van der Waals surface area contributed by atoms with Gasteiger partial charge in [0.05, 0.1) is 17.1 Å². The average Bonchev–Trinajstić information content (AvgIpc) is 2.28. The lowest BCUT2D eigenvalue weighted by Crippen LogP contribution is -2.00. The van der Waals surface area contributed by atoms with Crippen LogP contribution in [0.5, 0.6) is 0 Å². The minimum Gasteiger partial charge on any atom is -0.395 e. The van der Waals surface area contributed by atoms with Gasteiger partial charge in [0.1, 0.15) is 11.6 Å². The fraction of sp³-hybridized carbons (Fsp3) is 0. The van der Waals surface area contributed by atoms with Crippen molar-refractivity contribution in [2.45, 2.75) is 0 Å². The first-order valence-corrected chi connectivity index (χ1v) is 5.92. The number of benzene rings is 2. The van der Waals surface area contributed by atoms with Crippen LogP contribution in [0, 0.1) is 15.2 Å². The highest BCUT2D eigenvalue weighted by molar-refractivity contribution is 14.1. The molecular formula is C12H9F2IN2. The van der Waals surface area contributed by atoms with Gasteiger partial charge < -0.3 is 11.1 Å². The highest BCUT2D eigenvalue weighted by Crippen LogP contribution is 2.27. The lowest BCUT2D eigenvalue weighted by molar-refractivity contribution is 0.629. The third-order valence-electron chi connectivity index (χ3n) is 2.25. The van der Waals surface area contributed by atoms with E-state index in [0.717, 1.165) is 3.57 Å². The standard InChI is InChI=1S/C12H9F2IN2/c13-8-2-1-3-11(12(8)16)17-10-5-4-7(15)6-9(10)14/h1-6,17H,16H2. The highest BCUT2D eigenvalue weighted by Gasteiger charge is 2.07. The molecule has 0 spiro atoms. The van der Waals surface area contributed by atoms with Crippen molar-refractivity contribution in [3.05, 3.63) is 51.6 Å². The smallest absolute Gasteiger partial charge is 0.148 e. The number of anilines is 3. The summed E-state index contributed by atoms with van der Waals surface area (Å²) in [7, 11) is 0. The molecule has 0 heterocycles. The van der Waals surface area contributed by atoms with E-state index in [1.165, 1.54) is 18.2 Å². The van der Waals surface area contributed by atoms with Crippen molar-refractivity contribution in [2.75, 3.05) is 11.1 Å². The topological polar surface area (TPSA) is 38.0 Å². The van der Waals surface area contributed by atoms with Gasteiger partial charge in [-0.1, -0.05) is 6.07 Å². The molecule has 0 unspecified atom stereocenters.